The zero-order valence-corrected chi connectivity index (χ0v) is 23.3. The van der Waals surface area contributed by atoms with Gasteiger partial charge in [0.05, 0.1) is 18.5 Å². The highest BCUT2D eigenvalue weighted by Crippen LogP contribution is 2.49. The van der Waals surface area contributed by atoms with Crippen LogP contribution in [0.1, 0.15) is 56.2 Å². The van der Waals surface area contributed by atoms with Gasteiger partial charge in [-0.1, -0.05) is 36.8 Å². The van der Waals surface area contributed by atoms with E-state index >= 15 is 0 Å². The molecular formula is C30H40N4O2S. The lowest BCUT2D eigenvalue weighted by Crippen LogP contribution is -2.56. The second-order valence-electron chi connectivity index (χ2n) is 11.5. The number of hydrogen-bond acceptors (Lipinski definition) is 5. The fraction of sp³-hybridized carbons (Fsp3) is 0.567. The number of ketones is 1. The molecule has 7 heteroatoms. The van der Waals surface area contributed by atoms with Crippen LogP contribution in [0.4, 0.5) is 4.79 Å². The highest BCUT2D eigenvalue weighted by atomic mass is 32.2. The second kappa shape index (κ2) is 10.8. The number of aromatic nitrogens is 1. The number of hydrogen-bond donors (Lipinski definition) is 0. The molecule has 1 spiro atoms. The van der Waals surface area contributed by atoms with Crippen molar-refractivity contribution < 1.29 is 9.59 Å². The summed E-state index contributed by atoms with van der Waals surface area (Å²) in [6, 6.07) is 14.8. The van der Waals surface area contributed by atoms with Crippen LogP contribution in [0.25, 0.3) is 0 Å². The molecule has 3 fully saturated rings. The first-order valence-electron chi connectivity index (χ1n) is 13.7. The average molecular weight is 521 g/mol. The van der Waals surface area contributed by atoms with Crippen LogP contribution >= 0.6 is 11.8 Å². The predicted octanol–water partition coefficient (Wildman–Crippen LogP) is 5.22. The van der Waals surface area contributed by atoms with Gasteiger partial charge in [0, 0.05) is 35.4 Å². The number of rotatable bonds is 9. The van der Waals surface area contributed by atoms with Gasteiger partial charge in [-0.25, -0.2) is 4.79 Å². The number of pyridine rings is 1. The largest absolute Gasteiger partial charge is 0.321 e. The van der Waals surface area contributed by atoms with Crippen LogP contribution < -0.4 is 0 Å². The Kier molecular flexibility index (Phi) is 7.64. The molecule has 0 unspecified atom stereocenters. The van der Waals surface area contributed by atoms with Crippen molar-refractivity contribution in [2.45, 2.75) is 67.3 Å². The number of thioether (sulfide) groups is 1. The summed E-state index contributed by atoms with van der Waals surface area (Å²) in [7, 11) is 4.37. The Morgan fingerprint density at radius 1 is 1.11 bits per heavy atom. The van der Waals surface area contributed by atoms with Gasteiger partial charge >= 0.3 is 6.03 Å². The summed E-state index contributed by atoms with van der Waals surface area (Å²) in [5, 5.41) is 0. The van der Waals surface area contributed by atoms with Gasteiger partial charge in [-0.3, -0.25) is 14.7 Å². The van der Waals surface area contributed by atoms with E-state index in [0.717, 1.165) is 42.8 Å². The van der Waals surface area contributed by atoms with Crippen molar-refractivity contribution >= 4 is 23.6 Å². The molecule has 0 radical (unpaired) electrons. The Bertz CT molecular complexity index is 1110. The molecule has 2 amide bonds. The first-order chi connectivity index (χ1) is 17.8. The standard InChI is InChI=1S/C30H40N4O2S/c1-32(2)30(24-10-5-4-6-11-24)15-13-29(14-16-30)22-33(28(36)34(29)20-23-8-7-9-23)21-26(35)18-25-19-27(37-3)12-17-31-25/h4-6,10-12,17,19,23H,7-9,13-16,18,20-22H2,1-3H3. The number of nitrogens with zero attached hydrogens (tertiary/aromatic N) is 4. The lowest BCUT2D eigenvalue weighted by molar-refractivity contribution is -0.119. The summed E-state index contributed by atoms with van der Waals surface area (Å²) in [5.41, 5.74) is 1.94. The maximum atomic E-state index is 13.8. The van der Waals surface area contributed by atoms with E-state index < -0.39 is 0 Å². The van der Waals surface area contributed by atoms with Crippen molar-refractivity contribution in [1.29, 1.82) is 0 Å². The number of benzene rings is 1. The number of urea groups is 1. The Hall–Kier alpha value is -2.38. The van der Waals surface area contributed by atoms with E-state index in [9.17, 15) is 9.59 Å². The van der Waals surface area contributed by atoms with Gasteiger partial charge in [0.25, 0.3) is 0 Å². The zero-order valence-electron chi connectivity index (χ0n) is 22.5. The number of amides is 2. The van der Waals surface area contributed by atoms with Crippen molar-refractivity contribution in [3.63, 3.8) is 0 Å². The molecule has 37 heavy (non-hydrogen) atoms. The van der Waals surface area contributed by atoms with Crippen LogP contribution in [-0.2, 0) is 16.8 Å². The summed E-state index contributed by atoms with van der Waals surface area (Å²) in [5.74, 6) is 0.659. The molecule has 1 aliphatic heterocycles. The lowest BCUT2D eigenvalue weighted by atomic mass is 9.68. The van der Waals surface area contributed by atoms with Crippen LogP contribution in [0, 0.1) is 5.92 Å². The van der Waals surface area contributed by atoms with Crippen LogP contribution in [0.15, 0.2) is 53.6 Å². The van der Waals surface area contributed by atoms with Gasteiger partial charge in [-0.2, -0.15) is 0 Å². The van der Waals surface area contributed by atoms with Gasteiger partial charge in [0.1, 0.15) is 0 Å². The summed E-state index contributed by atoms with van der Waals surface area (Å²) in [4.78, 5) is 38.8. The zero-order chi connectivity index (χ0) is 26.0. The van der Waals surface area contributed by atoms with Crippen molar-refractivity contribution in [2.75, 3.05) is 40.0 Å². The third kappa shape index (κ3) is 5.17. The highest BCUT2D eigenvalue weighted by Gasteiger charge is 2.55. The average Bonchev–Trinajstić information content (AvgIpc) is 3.12. The van der Waals surface area contributed by atoms with Gasteiger partial charge in [-0.15, -0.1) is 11.8 Å². The molecule has 1 aromatic heterocycles. The van der Waals surface area contributed by atoms with E-state index in [0.29, 0.717) is 12.5 Å². The molecule has 5 rings (SSSR count). The van der Waals surface area contributed by atoms with E-state index in [2.05, 4.69) is 59.2 Å². The Balaban J connectivity index is 1.33. The SMILES string of the molecule is CSc1ccnc(CC(=O)CN2CC3(CCC(c4ccccc4)(N(C)C)CC3)N(CC3CCC3)C2=O)c1. The van der Waals surface area contributed by atoms with Gasteiger partial charge in [-0.05, 0) is 82.5 Å². The smallest absolute Gasteiger partial charge is 0.317 e. The molecule has 0 atom stereocenters. The predicted molar refractivity (Wildman–Crippen MR) is 149 cm³/mol. The summed E-state index contributed by atoms with van der Waals surface area (Å²) in [6.45, 7) is 1.66. The Morgan fingerprint density at radius 3 is 2.46 bits per heavy atom. The summed E-state index contributed by atoms with van der Waals surface area (Å²) < 4.78 is 0. The first-order valence-corrected chi connectivity index (χ1v) is 14.9. The fourth-order valence-corrected chi connectivity index (χ4v) is 7.11. The summed E-state index contributed by atoms with van der Waals surface area (Å²) >= 11 is 1.65. The minimum atomic E-state index is -0.182. The molecule has 1 aromatic carbocycles. The maximum absolute atomic E-state index is 13.8. The molecule has 6 nitrogen and oxygen atoms in total. The third-order valence-electron chi connectivity index (χ3n) is 9.17. The minimum Gasteiger partial charge on any atom is -0.317 e. The summed E-state index contributed by atoms with van der Waals surface area (Å²) in [6.07, 6.45) is 11.7. The maximum Gasteiger partial charge on any atom is 0.321 e. The van der Waals surface area contributed by atoms with Gasteiger partial charge in [0.2, 0.25) is 0 Å². The van der Waals surface area contributed by atoms with E-state index in [1.807, 2.05) is 23.3 Å². The molecule has 2 aliphatic carbocycles. The van der Waals surface area contributed by atoms with Crippen molar-refractivity contribution in [2.24, 2.45) is 5.92 Å². The van der Waals surface area contributed by atoms with Crippen molar-refractivity contribution in [3.05, 3.63) is 59.9 Å². The second-order valence-corrected chi connectivity index (χ2v) is 12.3. The van der Waals surface area contributed by atoms with Gasteiger partial charge < -0.3 is 9.80 Å². The van der Waals surface area contributed by atoms with Crippen LogP contribution in [0.2, 0.25) is 0 Å². The molecule has 2 saturated carbocycles. The molecular weight excluding hydrogens is 480 g/mol. The van der Waals surface area contributed by atoms with Crippen molar-refractivity contribution in [1.82, 2.24) is 19.7 Å². The van der Waals surface area contributed by atoms with Crippen LogP contribution in [-0.4, -0.2) is 77.0 Å². The minimum absolute atomic E-state index is 0.0189. The Labute approximate surface area is 225 Å². The lowest BCUT2D eigenvalue weighted by Gasteiger charge is -2.51. The number of carbonyl (C=O) groups excluding carboxylic acids is 2. The molecule has 198 valence electrons. The molecule has 0 N–H and O–H groups in total. The van der Waals surface area contributed by atoms with Gasteiger partial charge in [0.15, 0.2) is 5.78 Å². The fourth-order valence-electron chi connectivity index (χ4n) is 6.66. The van der Waals surface area contributed by atoms with E-state index in [-0.39, 0.29) is 35.9 Å². The van der Waals surface area contributed by atoms with E-state index in [4.69, 9.17) is 0 Å². The van der Waals surface area contributed by atoms with E-state index in [1.165, 1.54) is 24.8 Å². The molecule has 1 saturated heterocycles. The first kappa shape index (κ1) is 26.2. The third-order valence-corrected chi connectivity index (χ3v) is 9.89. The number of Topliss-reactive ketones (excluding diaryl/α,β-unsaturated/α-hetero) is 1. The molecule has 0 bridgehead atoms. The highest BCUT2D eigenvalue weighted by molar-refractivity contribution is 7.98. The molecule has 2 aromatic rings. The van der Waals surface area contributed by atoms with Crippen LogP contribution in [0.3, 0.4) is 0 Å². The topological polar surface area (TPSA) is 56.8 Å². The molecule has 2 heterocycles. The monoisotopic (exact) mass is 520 g/mol. The normalized spacial score (nSPS) is 26.2. The van der Waals surface area contributed by atoms with Crippen molar-refractivity contribution in [3.8, 4) is 0 Å². The quantitative estimate of drug-likeness (QED) is 0.424. The van der Waals surface area contributed by atoms with Crippen LogP contribution in [0.5, 0.6) is 0 Å². The number of carbonyl (C=O) groups is 2. The molecule has 3 aliphatic rings. The van der Waals surface area contributed by atoms with E-state index in [1.54, 1.807) is 18.0 Å². The Morgan fingerprint density at radius 2 is 1.84 bits per heavy atom.